The van der Waals surface area contributed by atoms with Crippen LogP contribution in [-0.2, 0) is 4.79 Å². The third kappa shape index (κ3) is 5.57. The van der Waals surface area contributed by atoms with Gasteiger partial charge in [0.25, 0.3) is 0 Å². The van der Waals surface area contributed by atoms with Gasteiger partial charge in [-0.3, -0.25) is 9.11 Å². The van der Waals surface area contributed by atoms with Gasteiger partial charge in [0.15, 0.2) is 0 Å². The fraction of sp³-hybridized carbons (Fsp3) is 0.400. The molecule has 5 nitrogen and oxygen atoms in total. The lowest BCUT2D eigenvalue weighted by Gasteiger charge is -2.41. The van der Waals surface area contributed by atoms with E-state index >= 15 is 0 Å². The summed E-state index contributed by atoms with van der Waals surface area (Å²) >= 11 is 1.37. The van der Waals surface area contributed by atoms with Crippen LogP contribution in [0.4, 0.5) is 4.39 Å². The quantitative estimate of drug-likeness (QED) is 0.200. The molecule has 0 fully saturated rings. The second-order valence-electron chi connectivity index (χ2n) is 8.33. The fourth-order valence-electron chi connectivity index (χ4n) is 4.42. The summed E-state index contributed by atoms with van der Waals surface area (Å²) in [6.07, 6.45) is 6.10. The van der Waals surface area contributed by atoms with Crippen molar-refractivity contribution in [2.75, 3.05) is 6.26 Å². The van der Waals surface area contributed by atoms with Crippen LogP contribution in [0.15, 0.2) is 64.3 Å². The molecule has 3 N–H and O–H groups in total. The van der Waals surface area contributed by atoms with Crippen LogP contribution in [-0.4, -0.2) is 31.7 Å². The summed E-state index contributed by atoms with van der Waals surface area (Å²) in [6, 6.07) is 13.5. The maximum atomic E-state index is 13.6. The van der Waals surface area contributed by atoms with Crippen molar-refractivity contribution in [2.24, 2.45) is 5.92 Å². The molecule has 3 unspecified atom stereocenters. The first-order valence-electron chi connectivity index (χ1n) is 11.0. The van der Waals surface area contributed by atoms with E-state index in [-0.39, 0.29) is 22.8 Å². The van der Waals surface area contributed by atoms with Crippen LogP contribution >= 0.6 is 22.4 Å². The molecule has 8 heteroatoms. The first kappa shape index (κ1) is 25.6. The molecule has 0 radical (unpaired) electrons. The Hall–Kier alpha value is -2.00. The lowest BCUT2D eigenvalue weighted by molar-refractivity contribution is -0.134. The molecule has 1 aliphatic heterocycles. The summed E-state index contributed by atoms with van der Waals surface area (Å²) in [5.41, 5.74) is 1.92. The van der Waals surface area contributed by atoms with Crippen molar-refractivity contribution < 1.29 is 28.1 Å². The molecule has 2 aromatic carbocycles. The van der Waals surface area contributed by atoms with Gasteiger partial charge in [-0.15, -0.1) is 11.8 Å². The minimum atomic E-state index is -3.20. The monoisotopic (exact) mass is 494 g/mol. The maximum absolute atomic E-state index is 13.6. The van der Waals surface area contributed by atoms with E-state index in [1.54, 1.807) is 6.07 Å². The van der Waals surface area contributed by atoms with E-state index in [9.17, 15) is 18.3 Å². The molecule has 2 aromatic rings. The van der Waals surface area contributed by atoms with Crippen molar-refractivity contribution in [1.82, 2.24) is 0 Å². The molecule has 0 spiro atoms. The molecule has 33 heavy (non-hydrogen) atoms. The molecule has 0 saturated carbocycles. The van der Waals surface area contributed by atoms with E-state index in [4.69, 9.17) is 9.84 Å². The van der Waals surface area contributed by atoms with Gasteiger partial charge in [0.1, 0.15) is 12.0 Å². The Morgan fingerprint density at radius 1 is 1.27 bits per heavy atom. The molecule has 0 aliphatic carbocycles. The van der Waals surface area contributed by atoms with E-state index in [1.165, 1.54) is 11.8 Å². The number of carbonyl (C=O) groups is 1. The Balaban J connectivity index is 2.19. The number of fused-ring (bicyclic) bond motifs is 1. The van der Waals surface area contributed by atoms with Crippen molar-refractivity contribution in [2.45, 2.75) is 60.5 Å². The van der Waals surface area contributed by atoms with Gasteiger partial charge in [0, 0.05) is 12.0 Å². The predicted octanol–water partition coefficient (Wildman–Crippen LogP) is 7.52. The summed E-state index contributed by atoms with van der Waals surface area (Å²) in [4.78, 5) is 11.9. The Labute approximate surface area is 200 Å². The number of halogens is 1. The number of rotatable bonds is 8. The van der Waals surface area contributed by atoms with Crippen LogP contribution < -0.4 is 4.74 Å². The van der Waals surface area contributed by atoms with E-state index < -0.39 is 22.4 Å². The largest absolute Gasteiger partial charge is 0.476 e. The van der Waals surface area contributed by atoms with Gasteiger partial charge < -0.3 is 9.84 Å². The normalized spacial score (nSPS) is 23.3. The Morgan fingerprint density at radius 2 is 1.97 bits per heavy atom. The fourth-order valence-corrected chi connectivity index (χ4v) is 6.98. The van der Waals surface area contributed by atoms with Gasteiger partial charge in [-0.25, -0.2) is 4.79 Å². The van der Waals surface area contributed by atoms with Gasteiger partial charge in [0.2, 0.25) is 5.83 Å². The molecule has 3 rings (SSSR count). The number of unbranched alkanes of at least 4 members (excludes halogenated alkanes) is 1. The van der Waals surface area contributed by atoms with Crippen molar-refractivity contribution in [3.05, 3.63) is 65.7 Å². The first-order valence-corrected chi connectivity index (χ1v) is 13.8. The highest BCUT2D eigenvalue weighted by molar-refractivity contribution is 8.24. The maximum Gasteiger partial charge on any atom is 0.368 e. The Kier molecular flexibility index (Phi) is 8.50. The molecule has 1 aliphatic rings. The molecule has 1 heterocycles. The number of thioether (sulfide) groups is 1. The standard InChI is InChI=1S/C25H31FO5S2/c1-4-5-9-18-12-19(17-10-7-6-8-11-17)20-13-23(32-3)22(31-15-21(26)25(27)28)14-24(20)33(29,30)16(18)2/h6-8,10-11,13-16,18-19,29-30H,4-5,9,12H2,1-3H3,(H,27,28)/b21-15-. The lowest BCUT2D eigenvalue weighted by Crippen LogP contribution is -2.23. The smallest absolute Gasteiger partial charge is 0.368 e. The molecular formula is C25H31FO5S2. The van der Waals surface area contributed by atoms with Crippen molar-refractivity contribution in [3.63, 3.8) is 0 Å². The third-order valence-electron chi connectivity index (χ3n) is 6.34. The predicted molar refractivity (Wildman–Crippen MR) is 132 cm³/mol. The summed E-state index contributed by atoms with van der Waals surface area (Å²) in [5, 5.41) is 8.42. The highest BCUT2D eigenvalue weighted by atomic mass is 32.3. The molecular weight excluding hydrogens is 463 g/mol. The number of hydrogen-bond donors (Lipinski definition) is 3. The van der Waals surface area contributed by atoms with Gasteiger partial charge in [0.05, 0.1) is 15.0 Å². The van der Waals surface area contributed by atoms with E-state index in [0.717, 1.165) is 36.8 Å². The highest BCUT2D eigenvalue weighted by Crippen LogP contribution is 2.63. The lowest BCUT2D eigenvalue weighted by atomic mass is 9.81. The Bertz CT molecular complexity index is 1010. The number of ether oxygens (including phenoxy) is 1. The number of aliphatic carboxylic acids is 1. The van der Waals surface area contributed by atoms with Crippen LogP contribution in [0, 0.1) is 5.92 Å². The van der Waals surface area contributed by atoms with Gasteiger partial charge >= 0.3 is 5.97 Å². The Morgan fingerprint density at radius 3 is 2.58 bits per heavy atom. The van der Waals surface area contributed by atoms with E-state index in [1.807, 2.05) is 37.4 Å². The van der Waals surface area contributed by atoms with Gasteiger partial charge in [-0.05, 0) is 49.1 Å². The van der Waals surface area contributed by atoms with Crippen LogP contribution in [0.2, 0.25) is 0 Å². The summed E-state index contributed by atoms with van der Waals surface area (Å²) in [5.74, 6) is -2.89. The zero-order valence-electron chi connectivity index (χ0n) is 19.0. The zero-order valence-corrected chi connectivity index (χ0v) is 20.7. The molecule has 3 atom stereocenters. The minimum Gasteiger partial charge on any atom is -0.476 e. The average Bonchev–Trinajstić information content (AvgIpc) is 2.89. The molecule has 0 saturated heterocycles. The van der Waals surface area contributed by atoms with Crippen LogP contribution in [0.1, 0.15) is 56.6 Å². The van der Waals surface area contributed by atoms with Crippen molar-refractivity contribution >= 4 is 28.3 Å². The highest BCUT2D eigenvalue weighted by Gasteiger charge is 2.40. The summed E-state index contributed by atoms with van der Waals surface area (Å²) in [6.45, 7) is 4.01. The average molecular weight is 495 g/mol. The van der Waals surface area contributed by atoms with Gasteiger partial charge in [-0.1, -0.05) is 50.1 Å². The van der Waals surface area contributed by atoms with Crippen molar-refractivity contribution in [1.29, 1.82) is 0 Å². The molecule has 0 bridgehead atoms. The number of carboxylic acids is 1. The van der Waals surface area contributed by atoms with Gasteiger partial charge in [-0.2, -0.15) is 15.0 Å². The third-order valence-corrected chi connectivity index (χ3v) is 9.52. The number of carboxylic acid groups (broad SMARTS) is 1. The van der Waals surface area contributed by atoms with Crippen LogP contribution in [0.5, 0.6) is 5.75 Å². The molecule has 0 amide bonds. The summed E-state index contributed by atoms with van der Waals surface area (Å²) in [7, 11) is -3.20. The second kappa shape index (κ2) is 11.0. The van der Waals surface area contributed by atoms with E-state index in [2.05, 4.69) is 19.1 Å². The SMILES string of the molecule is CCCCC1CC(c2ccccc2)c2cc(SC)c(O/C=C(\F)C(=O)O)cc2S(O)(O)C1C. The zero-order chi connectivity index (χ0) is 24.2. The van der Waals surface area contributed by atoms with Crippen LogP contribution in [0.25, 0.3) is 0 Å². The first-order chi connectivity index (χ1) is 15.7. The van der Waals surface area contributed by atoms with E-state index in [0.29, 0.717) is 16.1 Å². The van der Waals surface area contributed by atoms with Crippen LogP contribution in [0.3, 0.4) is 0 Å². The number of benzene rings is 2. The summed E-state index contributed by atoms with van der Waals surface area (Å²) < 4.78 is 41.8. The minimum absolute atomic E-state index is 0.0366. The molecule has 0 aromatic heterocycles. The topological polar surface area (TPSA) is 87.0 Å². The van der Waals surface area contributed by atoms with Crippen molar-refractivity contribution in [3.8, 4) is 5.75 Å². The molecule has 180 valence electrons. The second-order valence-corrected chi connectivity index (χ2v) is 11.5. The number of hydrogen-bond acceptors (Lipinski definition) is 5.